The Hall–Kier alpha value is -1.42. The summed E-state index contributed by atoms with van der Waals surface area (Å²) in [6, 6.07) is 6.54. The van der Waals surface area contributed by atoms with Gasteiger partial charge in [0.1, 0.15) is 5.82 Å². The van der Waals surface area contributed by atoms with E-state index in [1.165, 1.54) is 12.1 Å². The number of benzene rings is 1. The summed E-state index contributed by atoms with van der Waals surface area (Å²) >= 11 is 0. The second-order valence-corrected chi connectivity index (χ2v) is 4.33. The van der Waals surface area contributed by atoms with E-state index < -0.39 is 5.97 Å². The van der Waals surface area contributed by atoms with Gasteiger partial charge in [-0.05, 0) is 50.0 Å². The lowest BCUT2D eigenvalue weighted by molar-refractivity contribution is -0.137. The summed E-state index contributed by atoms with van der Waals surface area (Å²) in [6.07, 6.45) is 3.83. The molecule has 2 N–H and O–H groups in total. The SMILES string of the molecule is O=C(O)CCCCCNCCc1ccc(F)cc1. The lowest BCUT2D eigenvalue weighted by Gasteiger charge is -2.04. The number of hydrogen-bond acceptors (Lipinski definition) is 2. The predicted octanol–water partition coefficient (Wildman–Crippen LogP) is 2.60. The average Bonchev–Trinajstić information content (AvgIpc) is 2.34. The Morgan fingerprint density at radius 3 is 2.50 bits per heavy atom. The monoisotopic (exact) mass is 253 g/mol. The second kappa shape index (κ2) is 8.64. The second-order valence-electron chi connectivity index (χ2n) is 4.33. The van der Waals surface area contributed by atoms with Crippen molar-refractivity contribution in [3.05, 3.63) is 35.6 Å². The molecule has 0 aromatic heterocycles. The number of rotatable bonds is 9. The van der Waals surface area contributed by atoms with Gasteiger partial charge < -0.3 is 10.4 Å². The Balaban J connectivity index is 1.95. The maximum absolute atomic E-state index is 12.6. The van der Waals surface area contributed by atoms with Gasteiger partial charge in [-0.3, -0.25) is 4.79 Å². The van der Waals surface area contributed by atoms with Crippen LogP contribution >= 0.6 is 0 Å². The van der Waals surface area contributed by atoms with E-state index in [0.717, 1.165) is 44.3 Å². The summed E-state index contributed by atoms with van der Waals surface area (Å²) in [6.45, 7) is 1.77. The van der Waals surface area contributed by atoms with Crippen molar-refractivity contribution in [3.8, 4) is 0 Å². The van der Waals surface area contributed by atoms with Crippen LogP contribution in [0.1, 0.15) is 31.2 Å². The van der Waals surface area contributed by atoms with Gasteiger partial charge in [-0.1, -0.05) is 18.6 Å². The van der Waals surface area contributed by atoms with E-state index in [4.69, 9.17) is 5.11 Å². The molecule has 1 rings (SSSR count). The molecule has 0 spiro atoms. The number of unbranched alkanes of at least 4 members (excludes halogenated alkanes) is 2. The molecule has 0 bridgehead atoms. The zero-order valence-electron chi connectivity index (χ0n) is 10.5. The van der Waals surface area contributed by atoms with Crippen LogP contribution in [0.4, 0.5) is 4.39 Å². The standard InChI is InChI=1S/C14H20FNO2/c15-13-7-5-12(6-8-13)9-11-16-10-3-1-2-4-14(17)18/h5-8,16H,1-4,9-11H2,(H,17,18). The summed E-state index contributed by atoms with van der Waals surface area (Å²) < 4.78 is 12.6. The van der Waals surface area contributed by atoms with Crippen molar-refractivity contribution in [1.29, 1.82) is 0 Å². The van der Waals surface area contributed by atoms with E-state index >= 15 is 0 Å². The van der Waals surface area contributed by atoms with E-state index in [9.17, 15) is 9.18 Å². The van der Waals surface area contributed by atoms with E-state index in [1.54, 1.807) is 12.1 Å². The Morgan fingerprint density at radius 1 is 1.11 bits per heavy atom. The minimum Gasteiger partial charge on any atom is -0.481 e. The van der Waals surface area contributed by atoms with E-state index in [-0.39, 0.29) is 12.2 Å². The largest absolute Gasteiger partial charge is 0.481 e. The van der Waals surface area contributed by atoms with Crippen molar-refractivity contribution in [2.45, 2.75) is 32.1 Å². The quantitative estimate of drug-likeness (QED) is 0.665. The first-order chi connectivity index (χ1) is 8.68. The van der Waals surface area contributed by atoms with Crippen LogP contribution in [0.25, 0.3) is 0 Å². The zero-order valence-corrected chi connectivity index (χ0v) is 10.5. The minimum atomic E-state index is -0.723. The maximum atomic E-state index is 12.6. The number of carbonyl (C=O) groups is 1. The molecule has 3 nitrogen and oxygen atoms in total. The molecule has 100 valence electrons. The smallest absolute Gasteiger partial charge is 0.303 e. The van der Waals surface area contributed by atoms with Gasteiger partial charge in [-0.15, -0.1) is 0 Å². The van der Waals surface area contributed by atoms with Crippen LogP contribution in [0, 0.1) is 5.82 Å². The molecular weight excluding hydrogens is 233 g/mol. The first-order valence-electron chi connectivity index (χ1n) is 6.35. The molecule has 0 saturated carbocycles. The number of aliphatic carboxylic acids is 1. The minimum absolute atomic E-state index is 0.204. The molecule has 1 aromatic rings. The van der Waals surface area contributed by atoms with Gasteiger partial charge in [-0.2, -0.15) is 0 Å². The Bertz CT molecular complexity index is 351. The van der Waals surface area contributed by atoms with Crippen LogP contribution in [0.3, 0.4) is 0 Å². The fourth-order valence-electron chi connectivity index (χ4n) is 1.71. The van der Waals surface area contributed by atoms with Crippen molar-refractivity contribution in [2.24, 2.45) is 0 Å². The van der Waals surface area contributed by atoms with Crippen LogP contribution in [-0.2, 0) is 11.2 Å². The lowest BCUT2D eigenvalue weighted by atomic mass is 10.1. The highest BCUT2D eigenvalue weighted by atomic mass is 19.1. The van der Waals surface area contributed by atoms with Gasteiger partial charge in [0, 0.05) is 6.42 Å². The van der Waals surface area contributed by atoms with Crippen molar-refractivity contribution in [2.75, 3.05) is 13.1 Å². The molecule has 0 saturated heterocycles. The maximum Gasteiger partial charge on any atom is 0.303 e. The molecule has 0 aliphatic carbocycles. The van der Waals surface area contributed by atoms with Crippen molar-refractivity contribution >= 4 is 5.97 Å². The number of carboxylic acid groups (broad SMARTS) is 1. The highest BCUT2D eigenvalue weighted by molar-refractivity contribution is 5.66. The molecule has 0 radical (unpaired) electrons. The summed E-state index contributed by atoms with van der Waals surface area (Å²) in [4.78, 5) is 10.3. The number of nitrogens with one attached hydrogen (secondary N) is 1. The Labute approximate surface area is 107 Å². The number of hydrogen-bond donors (Lipinski definition) is 2. The molecule has 0 aliphatic rings. The molecule has 18 heavy (non-hydrogen) atoms. The highest BCUT2D eigenvalue weighted by Gasteiger charge is 1.97. The fourth-order valence-corrected chi connectivity index (χ4v) is 1.71. The van der Waals surface area contributed by atoms with Crippen molar-refractivity contribution in [3.63, 3.8) is 0 Å². The molecule has 0 unspecified atom stereocenters. The third-order valence-electron chi connectivity index (χ3n) is 2.75. The van der Waals surface area contributed by atoms with Crippen LogP contribution in [0.5, 0.6) is 0 Å². The molecule has 0 atom stereocenters. The first-order valence-corrected chi connectivity index (χ1v) is 6.35. The van der Waals surface area contributed by atoms with Gasteiger partial charge in [0.2, 0.25) is 0 Å². The summed E-state index contributed by atoms with van der Waals surface area (Å²) in [5.41, 5.74) is 1.12. The summed E-state index contributed by atoms with van der Waals surface area (Å²) in [5.74, 6) is -0.926. The van der Waals surface area contributed by atoms with E-state index in [2.05, 4.69) is 5.32 Å². The zero-order chi connectivity index (χ0) is 13.2. The molecule has 0 heterocycles. The normalized spacial score (nSPS) is 10.5. The van der Waals surface area contributed by atoms with Gasteiger partial charge in [0.15, 0.2) is 0 Å². The Kier molecular flexibility index (Phi) is 7.03. The van der Waals surface area contributed by atoms with E-state index in [1.807, 2.05) is 0 Å². The van der Waals surface area contributed by atoms with Crippen LogP contribution < -0.4 is 5.32 Å². The molecule has 0 aliphatic heterocycles. The molecular formula is C14H20FNO2. The predicted molar refractivity (Wildman–Crippen MR) is 69.1 cm³/mol. The molecule has 4 heteroatoms. The number of carboxylic acids is 1. The first kappa shape index (κ1) is 14.6. The fraction of sp³-hybridized carbons (Fsp3) is 0.500. The summed E-state index contributed by atoms with van der Waals surface area (Å²) in [7, 11) is 0. The lowest BCUT2D eigenvalue weighted by Crippen LogP contribution is -2.18. The van der Waals surface area contributed by atoms with Crippen molar-refractivity contribution < 1.29 is 14.3 Å². The van der Waals surface area contributed by atoms with Gasteiger partial charge >= 0.3 is 5.97 Å². The van der Waals surface area contributed by atoms with Crippen LogP contribution in [0.15, 0.2) is 24.3 Å². The molecule has 1 aromatic carbocycles. The van der Waals surface area contributed by atoms with Gasteiger partial charge in [-0.25, -0.2) is 4.39 Å². The van der Waals surface area contributed by atoms with E-state index in [0.29, 0.717) is 0 Å². The van der Waals surface area contributed by atoms with Gasteiger partial charge in [0.05, 0.1) is 0 Å². The summed E-state index contributed by atoms with van der Waals surface area (Å²) in [5, 5.41) is 11.8. The van der Waals surface area contributed by atoms with Gasteiger partial charge in [0.25, 0.3) is 0 Å². The van der Waals surface area contributed by atoms with Crippen molar-refractivity contribution in [1.82, 2.24) is 5.32 Å². The Morgan fingerprint density at radius 2 is 1.83 bits per heavy atom. The topological polar surface area (TPSA) is 49.3 Å². The third kappa shape index (κ3) is 7.01. The average molecular weight is 253 g/mol. The molecule has 0 fully saturated rings. The van der Waals surface area contributed by atoms with Crippen LogP contribution in [0.2, 0.25) is 0 Å². The van der Waals surface area contributed by atoms with Crippen LogP contribution in [-0.4, -0.2) is 24.2 Å². The third-order valence-corrected chi connectivity index (χ3v) is 2.75. The number of halogens is 1. The molecule has 0 amide bonds. The highest BCUT2D eigenvalue weighted by Crippen LogP contribution is 2.03.